The van der Waals surface area contributed by atoms with Gasteiger partial charge in [0.25, 0.3) is 0 Å². The van der Waals surface area contributed by atoms with E-state index in [9.17, 15) is 19.8 Å². The van der Waals surface area contributed by atoms with Crippen molar-refractivity contribution in [2.24, 2.45) is 11.8 Å². The maximum atomic E-state index is 11.9. The van der Waals surface area contributed by atoms with Crippen LogP contribution in [0.4, 0.5) is 0 Å². The van der Waals surface area contributed by atoms with Gasteiger partial charge in [-0.2, -0.15) is 0 Å². The van der Waals surface area contributed by atoms with Crippen LogP contribution in [0.25, 0.3) is 0 Å². The number of aliphatic hydroxyl groups is 2. The lowest BCUT2D eigenvalue weighted by Gasteiger charge is -2.21. The van der Waals surface area contributed by atoms with Crippen molar-refractivity contribution in [2.75, 3.05) is 6.61 Å². The smallest absolute Gasteiger partial charge is 0.303 e. The summed E-state index contributed by atoms with van der Waals surface area (Å²) in [6.07, 6.45) is -1.08. The van der Waals surface area contributed by atoms with Crippen LogP contribution in [0.5, 0.6) is 5.75 Å². The predicted octanol–water partition coefficient (Wildman–Crippen LogP) is 1.25. The number of aliphatic hydroxyl groups excluding tert-OH is 2. The van der Waals surface area contributed by atoms with Gasteiger partial charge in [-0.3, -0.25) is 9.59 Å². The minimum Gasteiger partial charge on any atom is -0.486 e. The molecule has 6 nitrogen and oxygen atoms in total. The summed E-state index contributed by atoms with van der Waals surface area (Å²) in [6.45, 7) is -0.0566. The van der Waals surface area contributed by atoms with Gasteiger partial charge in [-0.15, -0.1) is 0 Å². The molecule has 126 valence electrons. The Morgan fingerprint density at radius 1 is 1.09 bits per heavy atom. The third-order valence-electron chi connectivity index (χ3n) is 4.33. The van der Waals surface area contributed by atoms with Crippen molar-refractivity contribution >= 4 is 11.8 Å². The molecule has 0 saturated heterocycles. The highest BCUT2D eigenvalue weighted by Gasteiger charge is 2.42. The Hall–Kier alpha value is -1.92. The maximum absolute atomic E-state index is 11.9. The van der Waals surface area contributed by atoms with E-state index < -0.39 is 24.1 Å². The fourth-order valence-electron chi connectivity index (χ4n) is 3.14. The molecular formula is C17H22O6. The molecule has 0 aromatic heterocycles. The monoisotopic (exact) mass is 322 g/mol. The lowest BCUT2D eigenvalue weighted by atomic mass is 9.86. The van der Waals surface area contributed by atoms with Crippen LogP contribution in [0, 0.1) is 11.8 Å². The fourth-order valence-corrected chi connectivity index (χ4v) is 3.14. The Morgan fingerprint density at radius 3 is 2.39 bits per heavy atom. The lowest BCUT2D eigenvalue weighted by Crippen LogP contribution is -2.26. The van der Waals surface area contributed by atoms with Crippen molar-refractivity contribution in [2.45, 2.75) is 37.9 Å². The molecule has 1 fully saturated rings. The molecule has 1 aliphatic rings. The van der Waals surface area contributed by atoms with E-state index in [2.05, 4.69) is 0 Å². The van der Waals surface area contributed by atoms with Crippen LogP contribution in [-0.2, 0) is 9.59 Å². The molecule has 1 saturated carbocycles. The molecule has 1 aromatic rings. The van der Waals surface area contributed by atoms with E-state index in [1.165, 1.54) is 0 Å². The second kappa shape index (κ2) is 8.08. The van der Waals surface area contributed by atoms with Crippen LogP contribution in [-0.4, -0.2) is 45.9 Å². The molecular weight excluding hydrogens is 300 g/mol. The summed E-state index contributed by atoms with van der Waals surface area (Å²) in [5.41, 5.74) is 0. The molecule has 1 aliphatic carbocycles. The third-order valence-corrected chi connectivity index (χ3v) is 4.33. The zero-order valence-electron chi connectivity index (χ0n) is 12.8. The van der Waals surface area contributed by atoms with Crippen LogP contribution in [0.3, 0.4) is 0 Å². The van der Waals surface area contributed by atoms with Crippen LogP contribution in [0.1, 0.15) is 25.7 Å². The number of hydrogen-bond donors (Lipinski definition) is 3. The number of ether oxygens (including phenoxy) is 1. The van der Waals surface area contributed by atoms with Crippen LogP contribution in [0.2, 0.25) is 0 Å². The summed E-state index contributed by atoms with van der Waals surface area (Å²) in [5.74, 6) is -1.39. The van der Waals surface area contributed by atoms with Gasteiger partial charge in [0.05, 0.1) is 18.6 Å². The fraction of sp³-hybridized carbons (Fsp3) is 0.529. The second-order valence-corrected chi connectivity index (χ2v) is 5.98. The first-order chi connectivity index (χ1) is 11.0. The molecule has 0 amide bonds. The molecule has 0 radical (unpaired) electrons. The zero-order valence-corrected chi connectivity index (χ0v) is 12.8. The number of carboxylic acid groups (broad SMARTS) is 1. The number of carbonyl (C=O) groups excluding carboxylic acids is 1. The summed E-state index contributed by atoms with van der Waals surface area (Å²) < 4.78 is 5.37. The number of carboxylic acids is 1. The maximum Gasteiger partial charge on any atom is 0.303 e. The van der Waals surface area contributed by atoms with Gasteiger partial charge in [-0.1, -0.05) is 18.2 Å². The summed E-state index contributed by atoms with van der Waals surface area (Å²) >= 11 is 0. The summed E-state index contributed by atoms with van der Waals surface area (Å²) in [4.78, 5) is 22.8. The average Bonchev–Trinajstić information content (AvgIpc) is 2.77. The molecule has 1 aromatic carbocycles. The SMILES string of the molecule is O=C(O)C[C@H]1[C@H](CCC(=O)COc2ccccc2)[C@@H](O)C[C@H]1O. The molecule has 0 bridgehead atoms. The number of hydrogen-bond acceptors (Lipinski definition) is 5. The standard InChI is InChI=1S/C17H22O6/c18-11(10-23-12-4-2-1-3-5-12)6-7-13-14(8-17(21)22)16(20)9-15(13)19/h1-5,13-16,19-20H,6-10H2,(H,21,22)/t13-,14-,15-,16+/m0/s1. The predicted molar refractivity (Wildman–Crippen MR) is 82.0 cm³/mol. The van der Waals surface area contributed by atoms with Crippen molar-refractivity contribution in [1.82, 2.24) is 0 Å². The number of benzene rings is 1. The highest BCUT2D eigenvalue weighted by atomic mass is 16.5. The Balaban J connectivity index is 1.81. The highest BCUT2D eigenvalue weighted by molar-refractivity contribution is 5.79. The van der Waals surface area contributed by atoms with Gasteiger partial charge < -0.3 is 20.1 Å². The number of carbonyl (C=O) groups is 2. The third kappa shape index (κ3) is 5.04. The molecule has 0 heterocycles. The van der Waals surface area contributed by atoms with Gasteiger partial charge in [-0.05, 0) is 30.9 Å². The van der Waals surface area contributed by atoms with Crippen molar-refractivity contribution in [1.29, 1.82) is 0 Å². The number of ketones is 1. The van der Waals surface area contributed by atoms with Gasteiger partial charge in [0.1, 0.15) is 12.4 Å². The van der Waals surface area contributed by atoms with E-state index in [1.54, 1.807) is 12.1 Å². The van der Waals surface area contributed by atoms with Crippen molar-refractivity contribution in [3.05, 3.63) is 30.3 Å². The van der Waals surface area contributed by atoms with Crippen molar-refractivity contribution < 1.29 is 29.6 Å². The normalized spacial score (nSPS) is 26.9. The first-order valence-electron chi connectivity index (χ1n) is 7.75. The molecule has 23 heavy (non-hydrogen) atoms. The molecule has 3 N–H and O–H groups in total. The second-order valence-electron chi connectivity index (χ2n) is 5.98. The van der Waals surface area contributed by atoms with Gasteiger partial charge in [0.15, 0.2) is 5.78 Å². The number of aliphatic carboxylic acids is 1. The van der Waals surface area contributed by atoms with E-state index in [1.807, 2.05) is 18.2 Å². The van der Waals surface area contributed by atoms with Crippen LogP contribution >= 0.6 is 0 Å². The lowest BCUT2D eigenvalue weighted by molar-refractivity contribution is -0.139. The van der Waals surface area contributed by atoms with Crippen molar-refractivity contribution in [3.63, 3.8) is 0 Å². The molecule has 0 aliphatic heterocycles. The van der Waals surface area contributed by atoms with E-state index in [0.29, 0.717) is 12.2 Å². The minimum atomic E-state index is -1.01. The van der Waals surface area contributed by atoms with Gasteiger partial charge >= 0.3 is 5.97 Å². The van der Waals surface area contributed by atoms with Crippen LogP contribution < -0.4 is 4.74 Å². The number of rotatable bonds is 8. The zero-order chi connectivity index (χ0) is 16.8. The quantitative estimate of drug-likeness (QED) is 0.665. The van der Waals surface area contributed by atoms with Gasteiger partial charge in [0, 0.05) is 12.3 Å². The van der Waals surface area contributed by atoms with E-state index in [4.69, 9.17) is 9.84 Å². The van der Waals surface area contributed by atoms with Gasteiger partial charge in [-0.25, -0.2) is 0 Å². The van der Waals surface area contributed by atoms with E-state index >= 15 is 0 Å². The van der Waals surface area contributed by atoms with E-state index in [0.717, 1.165) is 0 Å². The first kappa shape index (κ1) is 17.4. The van der Waals surface area contributed by atoms with Crippen molar-refractivity contribution in [3.8, 4) is 5.75 Å². The molecule has 0 unspecified atom stereocenters. The van der Waals surface area contributed by atoms with Crippen LogP contribution in [0.15, 0.2) is 30.3 Å². The molecule has 0 spiro atoms. The average molecular weight is 322 g/mol. The Labute approximate surface area is 134 Å². The Kier molecular flexibility index (Phi) is 6.12. The number of para-hydroxylation sites is 1. The minimum absolute atomic E-state index is 0.0566. The summed E-state index contributed by atoms with van der Waals surface area (Å²) in [6, 6.07) is 8.99. The Morgan fingerprint density at radius 2 is 1.74 bits per heavy atom. The first-order valence-corrected chi connectivity index (χ1v) is 7.75. The molecule has 4 atom stereocenters. The largest absolute Gasteiger partial charge is 0.486 e. The Bertz CT molecular complexity index is 529. The molecule has 2 rings (SSSR count). The summed E-state index contributed by atoms with van der Waals surface area (Å²) in [7, 11) is 0. The van der Waals surface area contributed by atoms with Gasteiger partial charge in [0.2, 0.25) is 0 Å². The topological polar surface area (TPSA) is 104 Å². The molecule has 6 heteroatoms. The number of Topliss-reactive ketones (excluding diaryl/α,β-unsaturated/α-hetero) is 1. The summed E-state index contributed by atoms with van der Waals surface area (Å²) in [5, 5.41) is 28.7. The highest BCUT2D eigenvalue weighted by Crippen LogP contribution is 2.37. The van der Waals surface area contributed by atoms with E-state index in [-0.39, 0.29) is 37.6 Å².